The molecule has 1 heterocycles. The zero-order valence-corrected chi connectivity index (χ0v) is 17.3. The predicted octanol–water partition coefficient (Wildman–Crippen LogP) is 3.52. The summed E-state index contributed by atoms with van der Waals surface area (Å²) in [7, 11) is 0. The number of nitrogens with one attached hydrogen (secondary N) is 2. The van der Waals surface area contributed by atoms with Gasteiger partial charge in [0.15, 0.2) is 5.96 Å². The number of nitrogens with zero attached hydrogens (tertiary/aromatic N) is 2. The van der Waals surface area contributed by atoms with E-state index in [-0.39, 0.29) is 5.82 Å². The number of rotatable bonds is 7. The third-order valence-electron chi connectivity index (χ3n) is 5.07. The van der Waals surface area contributed by atoms with Gasteiger partial charge in [0.1, 0.15) is 5.82 Å². The molecule has 1 saturated heterocycles. The molecular weight excluding hydrogens is 367 g/mol. The second-order valence-corrected chi connectivity index (χ2v) is 7.27. The molecule has 29 heavy (non-hydrogen) atoms. The van der Waals surface area contributed by atoms with E-state index in [4.69, 9.17) is 4.74 Å². The monoisotopic (exact) mass is 398 g/mol. The molecule has 6 heteroatoms. The van der Waals surface area contributed by atoms with Crippen molar-refractivity contribution in [1.82, 2.24) is 10.6 Å². The lowest BCUT2D eigenvalue weighted by molar-refractivity contribution is 0.122. The Morgan fingerprint density at radius 1 is 1.14 bits per heavy atom. The SMILES string of the molecule is CCNC(=NCc1ccc(N2CCOCC2)c(F)c1)NCC(C)c1ccccc1. The highest BCUT2D eigenvalue weighted by Crippen LogP contribution is 2.22. The number of ether oxygens (including phenoxy) is 1. The molecule has 1 aliphatic rings. The van der Waals surface area contributed by atoms with E-state index in [0.717, 1.165) is 37.7 Å². The number of guanidine groups is 1. The number of aliphatic imine (C=N–C) groups is 1. The summed E-state index contributed by atoms with van der Waals surface area (Å²) in [5, 5.41) is 6.65. The summed E-state index contributed by atoms with van der Waals surface area (Å²) in [4.78, 5) is 6.66. The van der Waals surface area contributed by atoms with Gasteiger partial charge in [-0.3, -0.25) is 0 Å². The molecule has 1 fully saturated rings. The zero-order chi connectivity index (χ0) is 20.5. The molecule has 0 bridgehead atoms. The van der Waals surface area contributed by atoms with Crippen LogP contribution in [0, 0.1) is 5.82 Å². The first kappa shape index (κ1) is 21.1. The zero-order valence-electron chi connectivity index (χ0n) is 17.3. The Labute approximate surface area is 173 Å². The summed E-state index contributed by atoms with van der Waals surface area (Å²) in [5.41, 5.74) is 2.78. The van der Waals surface area contributed by atoms with Crippen molar-refractivity contribution in [2.45, 2.75) is 26.3 Å². The number of morpholine rings is 1. The van der Waals surface area contributed by atoms with Crippen molar-refractivity contribution in [3.05, 3.63) is 65.5 Å². The number of hydrogen-bond acceptors (Lipinski definition) is 3. The van der Waals surface area contributed by atoms with Crippen LogP contribution in [-0.2, 0) is 11.3 Å². The topological polar surface area (TPSA) is 48.9 Å². The second-order valence-electron chi connectivity index (χ2n) is 7.27. The van der Waals surface area contributed by atoms with Gasteiger partial charge in [0, 0.05) is 26.2 Å². The van der Waals surface area contributed by atoms with Gasteiger partial charge in [0.25, 0.3) is 0 Å². The minimum Gasteiger partial charge on any atom is -0.378 e. The van der Waals surface area contributed by atoms with E-state index in [1.165, 1.54) is 5.56 Å². The Bertz CT molecular complexity index is 791. The molecule has 0 spiro atoms. The first-order valence-electron chi connectivity index (χ1n) is 10.4. The van der Waals surface area contributed by atoms with Crippen LogP contribution in [-0.4, -0.2) is 45.4 Å². The highest BCUT2D eigenvalue weighted by atomic mass is 19.1. The number of benzene rings is 2. The van der Waals surface area contributed by atoms with Crippen molar-refractivity contribution >= 4 is 11.6 Å². The molecular formula is C23H31FN4O. The van der Waals surface area contributed by atoms with E-state index in [0.29, 0.717) is 31.4 Å². The van der Waals surface area contributed by atoms with E-state index in [1.807, 2.05) is 30.0 Å². The van der Waals surface area contributed by atoms with Crippen LogP contribution in [0.1, 0.15) is 30.9 Å². The van der Waals surface area contributed by atoms with Crippen LogP contribution in [0.25, 0.3) is 0 Å². The smallest absolute Gasteiger partial charge is 0.191 e. The van der Waals surface area contributed by atoms with Gasteiger partial charge in [-0.2, -0.15) is 0 Å². The summed E-state index contributed by atoms with van der Waals surface area (Å²) in [6, 6.07) is 15.8. The second kappa shape index (κ2) is 10.8. The molecule has 2 N–H and O–H groups in total. The maximum Gasteiger partial charge on any atom is 0.191 e. The molecule has 156 valence electrons. The summed E-state index contributed by atoms with van der Waals surface area (Å²) in [6.45, 7) is 8.94. The van der Waals surface area contributed by atoms with E-state index in [9.17, 15) is 4.39 Å². The van der Waals surface area contributed by atoms with Gasteiger partial charge >= 0.3 is 0 Å². The summed E-state index contributed by atoms with van der Waals surface area (Å²) >= 11 is 0. The van der Waals surface area contributed by atoms with Crippen LogP contribution >= 0.6 is 0 Å². The van der Waals surface area contributed by atoms with Crippen LogP contribution in [0.15, 0.2) is 53.5 Å². The lowest BCUT2D eigenvalue weighted by Crippen LogP contribution is -2.39. The van der Waals surface area contributed by atoms with Crippen LogP contribution in [0.4, 0.5) is 10.1 Å². The van der Waals surface area contributed by atoms with Crippen molar-refractivity contribution < 1.29 is 9.13 Å². The van der Waals surface area contributed by atoms with Crippen LogP contribution in [0.3, 0.4) is 0 Å². The van der Waals surface area contributed by atoms with Crippen molar-refractivity contribution in [3.8, 4) is 0 Å². The maximum absolute atomic E-state index is 14.6. The lowest BCUT2D eigenvalue weighted by Gasteiger charge is -2.29. The average Bonchev–Trinajstić information content (AvgIpc) is 2.76. The summed E-state index contributed by atoms with van der Waals surface area (Å²) in [5.74, 6) is 0.911. The number of hydrogen-bond donors (Lipinski definition) is 2. The Hall–Kier alpha value is -2.60. The molecule has 2 aromatic carbocycles. The largest absolute Gasteiger partial charge is 0.378 e. The van der Waals surface area contributed by atoms with Gasteiger partial charge < -0.3 is 20.3 Å². The van der Waals surface area contributed by atoms with Crippen molar-refractivity contribution in [1.29, 1.82) is 0 Å². The molecule has 0 aliphatic carbocycles. The molecule has 2 aromatic rings. The Morgan fingerprint density at radius 3 is 2.59 bits per heavy atom. The molecule has 5 nitrogen and oxygen atoms in total. The number of anilines is 1. The van der Waals surface area contributed by atoms with E-state index >= 15 is 0 Å². The molecule has 0 saturated carbocycles. The minimum absolute atomic E-state index is 0.199. The first-order valence-corrected chi connectivity index (χ1v) is 10.4. The van der Waals surface area contributed by atoms with E-state index in [2.05, 4.69) is 46.8 Å². The quantitative estimate of drug-likeness (QED) is 0.553. The fourth-order valence-corrected chi connectivity index (χ4v) is 3.37. The van der Waals surface area contributed by atoms with Gasteiger partial charge in [0.2, 0.25) is 0 Å². The first-order chi connectivity index (χ1) is 14.2. The van der Waals surface area contributed by atoms with Crippen LogP contribution in [0.5, 0.6) is 0 Å². The Morgan fingerprint density at radius 2 is 1.90 bits per heavy atom. The molecule has 1 unspecified atom stereocenters. The maximum atomic E-state index is 14.6. The predicted molar refractivity (Wildman–Crippen MR) is 117 cm³/mol. The number of halogens is 1. The van der Waals surface area contributed by atoms with Gasteiger partial charge in [-0.25, -0.2) is 9.38 Å². The van der Waals surface area contributed by atoms with E-state index < -0.39 is 0 Å². The van der Waals surface area contributed by atoms with E-state index in [1.54, 1.807) is 6.07 Å². The lowest BCUT2D eigenvalue weighted by atomic mass is 10.0. The van der Waals surface area contributed by atoms with Crippen molar-refractivity contribution in [2.75, 3.05) is 44.3 Å². The molecule has 0 radical (unpaired) electrons. The van der Waals surface area contributed by atoms with Gasteiger partial charge in [-0.15, -0.1) is 0 Å². The summed E-state index contributed by atoms with van der Waals surface area (Å²) in [6.07, 6.45) is 0. The Kier molecular flexibility index (Phi) is 7.87. The van der Waals surface area contributed by atoms with Crippen molar-refractivity contribution in [3.63, 3.8) is 0 Å². The highest BCUT2D eigenvalue weighted by Gasteiger charge is 2.15. The molecule has 0 amide bonds. The normalized spacial score (nSPS) is 15.8. The fraction of sp³-hybridized carbons (Fsp3) is 0.435. The standard InChI is InChI=1S/C23H31FN4O/c1-3-25-23(26-16-18(2)20-7-5-4-6-8-20)27-17-19-9-10-22(21(24)15-19)28-11-13-29-14-12-28/h4-10,15,18H,3,11-14,16-17H2,1-2H3,(H2,25,26,27). The molecule has 1 aliphatic heterocycles. The van der Waals surface area contributed by atoms with Gasteiger partial charge in [-0.1, -0.05) is 43.3 Å². The van der Waals surface area contributed by atoms with Crippen LogP contribution < -0.4 is 15.5 Å². The third-order valence-corrected chi connectivity index (χ3v) is 5.07. The highest BCUT2D eigenvalue weighted by molar-refractivity contribution is 5.79. The van der Waals surface area contributed by atoms with Crippen LogP contribution in [0.2, 0.25) is 0 Å². The van der Waals surface area contributed by atoms with Gasteiger partial charge in [0.05, 0.1) is 25.4 Å². The molecule has 1 atom stereocenters. The Balaban J connectivity index is 1.59. The fourth-order valence-electron chi connectivity index (χ4n) is 3.37. The molecule has 3 rings (SSSR count). The molecule has 0 aromatic heterocycles. The van der Waals surface area contributed by atoms with Crippen molar-refractivity contribution in [2.24, 2.45) is 4.99 Å². The summed E-state index contributed by atoms with van der Waals surface area (Å²) < 4.78 is 19.9. The average molecular weight is 399 g/mol. The third kappa shape index (κ3) is 6.19. The van der Waals surface area contributed by atoms with Gasteiger partial charge in [-0.05, 0) is 36.1 Å². The minimum atomic E-state index is -0.199.